The van der Waals surface area contributed by atoms with Crippen LogP contribution in [0.3, 0.4) is 0 Å². The largest absolute Gasteiger partial charge is 0.497 e. The van der Waals surface area contributed by atoms with Crippen molar-refractivity contribution in [1.82, 2.24) is 14.4 Å². The van der Waals surface area contributed by atoms with Crippen molar-refractivity contribution in [1.29, 1.82) is 0 Å². The van der Waals surface area contributed by atoms with E-state index in [0.29, 0.717) is 24.6 Å². The van der Waals surface area contributed by atoms with E-state index in [-0.39, 0.29) is 12.1 Å². The Labute approximate surface area is 227 Å². The van der Waals surface area contributed by atoms with Gasteiger partial charge in [0.25, 0.3) is 0 Å². The van der Waals surface area contributed by atoms with Gasteiger partial charge in [0.1, 0.15) is 16.5 Å². The van der Waals surface area contributed by atoms with Crippen molar-refractivity contribution in [2.24, 2.45) is 0 Å². The highest BCUT2D eigenvalue weighted by Crippen LogP contribution is 2.44. The molecule has 196 valence electrons. The molecule has 7 nitrogen and oxygen atoms in total. The Morgan fingerprint density at radius 2 is 1.95 bits per heavy atom. The van der Waals surface area contributed by atoms with Gasteiger partial charge in [-0.2, -0.15) is 0 Å². The number of carbonyl (C=O) groups is 1. The molecule has 1 atom stereocenters. The first kappa shape index (κ1) is 24.6. The topological polar surface area (TPSA) is 59.0 Å². The molecule has 2 aliphatic heterocycles. The number of ether oxygens (including phenoxy) is 2. The third-order valence-corrected chi connectivity index (χ3v) is 8.61. The minimum absolute atomic E-state index is 0.168. The number of urea groups is 1. The number of nitrogens with zero attached hydrogens (tertiary/aromatic N) is 3. The molecule has 0 saturated heterocycles. The highest BCUT2D eigenvalue weighted by molar-refractivity contribution is 7.15. The molecule has 0 unspecified atom stereocenters. The molecule has 4 aromatic rings. The molecule has 8 heteroatoms. The van der Waals surface area contributed by atoms with Crippen LogP contribution < -0.4 is 14.8 Å². The Bertz CT molecular complexity index is 1480. The lowest BCUT2D eigenvalue weighted by molar-refractivity contribution is 0.194. The van der Waals surface area contributed by atoms with E-state index in [0.717, 1.165) is 36.5 Å². The van der Waals surface area contributed by atoms with Crippen molar-refractivity contribution in [2.75, 3.05) is 32.6 Å². The first-order valence-electron chi connectivity index (χ1n) is 13.0. The summed E-state index contributed by atoms with van der Waals surface area (Å²) in [7, 11) is 3.84. The Hall–Kier alpha value is -3.75. The Balaban J connectivity index is 1.49. The predicted molar refractivity (Wildman–Crippen MR) is 151 cm³/mol. The molecule has 0 spiro atoms. The lowest BCUT2D eigenvalue weighted by Crippen LogP contribution is -2.38. The van der Waals surface area contributed by atoms with E-state index < -0.39 is 0 Å². The summed E-state index contributed by atoms with van der Waals surface area (Å²) in [5.41, 5.74) is 5.35. The number of likely N-dealkylation sites (N-methyl/N-ethyl adjacent to an activating group) is 1. The highest BCUT2D eigenvalue weighted by atomic mass is 32.1. The smallest absolute Gasteiger partial charge is 0.323 e. The van der Waals surface area contributed by atoms with Crippen LogP contribution in [0.5, 0.6) is 11.5 Å². The van der Waals surface area contributed by atoms with Gasteiger partial charge in [-0.1, -0.05) is 24.3 Å². The SMILES string of the molecule is CCOc1ccccc1NC(=O)N1Cc2c(sc3c2CCN(C)C3)-n2cccc2[C@@H]1c1cccc(OC)c1. The number of anilines is 1. The van der Waals surface area contributed by atoms with Crippen LogP contribution in [0.15, 0.2) is 66.9 Å². The summed E-state index contributed by atoms with van der Waals surface area (Å²) in [4.78, 5) is 19.9. The van der Waals surface area contributed by atoms with E-state index in [1.165, 1.54) is 21.0 Å². The van der Waals surface area contributed by atoms with Crippen LogP contribution in [0.1, 0.15) is 40.2 Å². The number of aromatic nitrogens is 1. The normalized spacial score (nSPS) is 16.7. The second-order valence-electron chi connectivity index (χ2n) is 9.74. The fourth-order valence-corrected chi connectivity index (χ4v) is 6.99. The van der Waals surface area contributed by atoms with E-state index in [2.05, 4.69) is 46.2 Å². The summed E-state index contributed by atoms with van der Waals surface area (Å²) in [6.45, 7) is 4.93. The lowest BCUT2D eigenvalue weighted by atomic mass is 10.00. The molecular formula is C30H32N4O3S. The second kappa shape index (κ2) is 10.2. The van der Waals surface area contributed by atoms with Gasteiger partial charge in [0.05, 0.1) is 37.7 Å². The first-order chi connectivity index (χ1) is 18.6. The number of benzene rings is 2. The maximum atomic E-state index is 14.2. The van der Waals surface area contributed by atoms with Gasteiger partial charge in [0, 0.05) is 29.7 Å². The number of thiophene rings is 1. The fourth-order valence-electron chi connectivity index (χ4n) is 5.55. The molecule has 0 aliphatic carbocycles. The Morgan fingerprint density at radius 3 is 2.79 bits per heavy atom. The number of amides is 2. The standard InChI is InChI=1S/C30H32N4O3S/c1-4-37-26-13-6-5-11-24(26)31-30(35)34-18-23-22-14-16-32(2)19-27(22)38-29(23)33-15-8-12-25(33)28(34)20-9-7-10-21(17-20)36-3/h5-13,15,17,28H,4,14,16,18-19H2,1-3H3,(H,31,35)/t28-/m0/s1. The van der Waals surface area contributed by atoms with Gasteiger partial charge in [-0.25, -0.2) is 4.79 Å². The van der Waals surface area contributed by atoms with E-state index >= 15 is 0 Å². The number of fused-ring (bicyclic) bond motifs is 5. The van der Waals surface area contributed by atoms with Crippen molar-refractivity contribution < 1.29 is 14.3 Å². The fraction of sp³-hybridized carbons (Fsp3) is 0.300. The monoisotopic (exact) mass is 528 g/mol. The van der Waals surface area contributed by atoms with Crippen LogP contribution in [-0.2, 0) is 19.5 Å². The van der Waals surface area contributed by atoms with Gasteiger partial charge < -0.3 is 29.2 Å². The summed E-state index contributed by atoms with van der Waals surface area (Å²) in [6.07, 6.45) is 3.11. The van der Waals surface area contributed by atoms with Crippen LogP contribution >= 0.6 is 11.3 Å². The van der Waals surface area contributed by atoms with Crippen molar-refractivity contribution >= 4 is 23.1 Å². The van der Waals surface area contributed by atoms with Crippen molar-refractivity contribution in [3.05, 3.63) is 94.1 Å². The van der Waals surface area contributed by atoms with E-state index in [1.807, 2.05) is 65.6 Å². The molecular weight excluding hydrogens is 496 g/mol. The molecule has 2 aliphatic rings. The summed E-state index contributed by atoms with van der Waals surface area (Å²) in [5.74, 6) is 1.43. The van der Waals surface area contributed by atoms with Gasteiger partial charge in [0.2, 0.25) is 0 Å². The number of hydrogen-bond acceptors (Lipinski definition) is 5. The summed E-state index contributed by atoms with van der Waals surface area (Å²) < 4.78 is 13.7. The van der Waals surface area contributed by atoms with Crippen molar-refractivity contribution in [2.45, 2.75) is 32.5 Å². The van der Waals surface area contributed by atoms with Crippen molar-refractivity contribution in [3.63, 3.8) is 0 Å². The maximum absolute atomic E-state index is 14.2. The maximum Gasteiger partial charge on any atom is 0.323 e. The molecule has 2 amide bonds. The Morgan fingerprint density at radius 1 is 1.08 bits per heavy atom. The van der Waals surface area contributed by atoms with Crippen LogP contribution in [-0.4, -0.2) is 47.7 Å². The van der Waals surface area contributed by atoms with E-state index in [4.69, 9.17) is 9.47 Å². The van der Waals surface area contributed by atoms with E-state index in [1.54, 1.807) is 7.11 Å². The number of hydrogen-bond donors (Lipinski definition) is 1. The molecule has 0 bridgehead atoms. The first-order valence-corrected chi connectivity index (χ1v) is 13.8. The average Bonchev–Trinajstić information content (AvgIpc) is 3.51. The van der Waals surface area contributed by atoms with Crippen LogP contribution in [0, 0.1) is 0 Å². The van der Waals surface area contributed by atoms with E-state index in [9.17, 15) is 4.79 Å². The number of rotatable bonds is 5. The molecule has 0 saturated carbocycles. The zero-order valence-corrected chi connectivity index (χ0v) is 22.8. The van der Waals surface area contributed by atoms with Crippen LogP contribution in [0.4, 0.5) is 10.5 Å². The van der Waals surface area contributed by atoms with Crippen molar-refractivity contribution in [3.8, 4) is 16.5 Å². The molecule has 6 rings (SSSR count). The third-order valence-electron chi connectivity index (χ3n) is 7.35. The summed E-state index contributed by atoms with van der Waals surface area (Å²) in [5, 5.41) is 4.38. The number of para-hydroxylation sites is 2. The molecule has 2 aromatic carbocycles. The Kier molecular flexibility index (Phi) is 6.59. The molecule has 2 aromatic heterocycles. The predicted octanol–water partition coefficient (Wildman–Crippen LogP) is 6.07. The second-order valence-corrected chi connectivity index (χ2v) is 10.8. The van der Waals surface area contributed by atoms with Crippen LogP contribution in [0.2, 0.25) is 0 Å². The highest BCUT2D eigenvalue weighted by Gasteiger charge is 2.36. The molecule has 0 fully saturated rings. The molecule has 0 radical (unpaired) electrons. The van der Waals surface area contributed by atoms with Gasteiger partial charge in [-0.3, -0.25) is 0 Å². The number of nitrogens with one attached hydrogen (secondary N) is 1. The van der Waals surface area contributed by atoms with Gasteiger partial charge in [-0.05, 0) is 67.9 Å². The molecule has 38 heavy (non-hydrogen) atoms. The molecule has 4 heterocycles. The number of carbonyl (C=O) groups excluding carboxylic acids is 1. The summed E-state index contributed by atoms with van der Waals surface area (Å²) >= 11 is 1.85. The number of methoxy groups -OCH3 is 1. The lowest BCUT2D eigenvalue weighted by Gasteiger charge is -2.32. The van der Waals surface area contributed by atoms with Gasteiger partial charge in [0.15, 0.2) is 0 Å². The van der Waals surface area contributed by atoms with Gasteiger partial charge >= 0.3 is 6.03 Å². The molecule has 1 N–H and O–H groups in total. The quantitative estimate of drug-likeness (QED) is 0.342. The van der Waals surface area contributed by atoms with Gasteiger partial charge in [-0.15, -0.1) is 11.3 Å². The zero-order chi connectivity index (χ0) is 26.2. The zero-order valence-electron chi connectivity index (χ0n) is 21.9. The third kappa shape index (κ3) is 4.33. The summed E-state index contributed by atoms with van der Waals surface area (Å²) in [6, 6.07) is 19.3. The minimum Gasteiger partial charge on any atom is -0.497 e. The average molecular weight is 529 g/mol. The van der Waals surface area contributed by atoms with Crippen LogP contribution in [0.25, 0.3) is 5.00 Å². The minimum atomic E-state index is -0.305.